The Bertz CT molecular complexity index is 1000. The van der Waals surface area contributed by atoms with E-state index in [1.54, 1.807) is 48.5 Å². The summed E-state index contributed by atoms with van der Waals surface area (Å²) < 4.78 is 6.82. The fraction of sp³-hybridized carbons (Fsp3) is 0.0526. The van der Waals surface area contributed by atoms with E-state index < -0.39 is 11.5 Å². The second-order valence-corrected chi connectivity index (χ2v) is 5.25. The zero-order valence-electron chi connectivity index (χ0n) is 14.4. The zero-order valence-corrected chi connectivity index (χ0v) is 14.4. The van der Waals surface area contributed by atoms with Gasteiger partial charge >= 0.3 is 0 Å². The van der Waals surface area contributed by atoms with Crippen LogP contribution in [-0.2, 0) is 4.84 Å². The van der Waals surface area contributed by atoms with Gasteiger partial charge in [0.25, 0.3) is 11.5 Å². The molecule has 0 fully saturated rings. The van der Waals surface area contributed by atoms with Crippen LogP contribution in [0.3, 0.4) is 0 Å². The molecule has 0 atom stereocenters. The van der Waals surface area contributed by atoms with Gasteiger partial charge in [0.15, 0.2) is 11.4 Å². The van der Waals surface area contributed by atoms with E-state index in [2.05, 4.69) is 20.4 Å². The lowest BCUT2D eigenvalue weighted by Gasteiger charge is -2.12. The number of rotatable bonds is 6. The smallest absolute Gasteiger partial charge is 0.280 e. The van der Waals surface area contributed by atoms with Crippen LogP contribution in [0.1, 0.15) is 10.5 Å². The van der Waals surface area contributed by atoms with Crippen LogP contribution >= 0.6 is 0 Å². The molecule has 3 aromatic rings. The Morgan fingerprint density at radius 3 is 2.44 bits per heavy atom. The first-order valence-corrected chi connectivity index (χ1v) is 7.97. The van der Waals surface area contributed by atoms with E-state index in [0.29, 0.717) is 11.4 Å². The summed E-state index contributed by atoms with van der Waals surface area (Å²) in [4.78, 5) is 29.5. The maximum atomic E-state index is 12.5. The number of carbonyl (C=O) groups is 1. The molecule has 0 unspecified atom stereocenters. The van der Waals surface area contributed by atoms with E-state index in [4.69, 9.17) is 4.74 Å². The standard InChI is InChI=1S/C19H16N4O4/c1-26-21-13-20-19(25)18-16(27-15-10-6-3-7-11-15)12-17(24)23(22-18)14-8-4-2-5-9-14/h2-13H,1H3,(H,20,21,25). The Labute approximate surface area is 154 Å². The van der Waals surface area contributed by atoms with Crippen LogP contribution in [0.4, 0.5) is 0 Å². The predicted molar refractivity (Wildman–Crippen MR) is 99.3 cm³/mol. The number of nitrogens with one attached hydrogen (secondary N) is 1. The molecule has 27 heavy (non-hydrogen) atoms. The highest BCUT2D eigenvalue weighted by Crippen LogP contribution is 2.22. The molecule has 0 saturated heterocycles. The van der Waals surface area contributed by atoms with Crippen LogP contribution in [0.15, 0.2) is 76.7 Å². The van der Waals surface area contributed by atoms with Gasteiger partial charge in [0, 0.05) is 0 Å². The minimum absolute atomic E-state index is 0.0293. The van der Waals surface area contributed by atoms with Gasteiger partial charge in [0.05, 0.1) is 11.8 Å². The maximum absolute atomic E-state index is 12.5. The number of aromatic nitrogens is 2. The molecule has 0 bridgehead atoms. The summed E-state index contributed by atoms with van der Waals surface area (Å²) in [6, 6.07) is 18.8. The van der Waals surface area contributed by atoms with Gasteiger partial charge in [-0.1, -0.05) is 41.6 Å². The third-order valence-corrected chi connectivity index (χ3v) is 3.44. The topological polar surface area (TPSA) is 94.8 Å². The molecule has 1 aromatic heterocycles. The largest absolute Gasteiger partial charge is 0.455 e. The highest BCUT2D eigenvalue weighted by Gasteiger charge is 2.18. The number of oxime groups is 1. The van der Waals surface area contributed by atoms with E-state index in [-0.39, 0.29) is 11.4 Å². The SMILES string of the molecule is CON=CNC(=O)c1nn(-c2ccccc2)c(=O)cc1Oc1ccccc1. The molecule has 8 heteroatoms. The van der Waals surface area contributed by atoms with Crippen LogP contribution < -0.4 is 15.6 Å². The number of amides is 1. The Hall–Kier alpha value is -3.94. The van der Waals surface area contributed by atoms with Crippen molar-refractivity contribution in [3.8, 4) is 17.2 Å². The minimum Gasteiger partial charge on any atom is -0.455 e. The lowest BCUT2D eigenvalue weighted by atomic mass is 10.3. The van der Waals surface area contributed by atoms with Crippen LogP contribution in [0.2, 0.25) is 0 Å². The van der Waals surface area contributed by atoms with Crippen molar-refractivity contribution in [1.29, 1.82) is 0 Å². The second kappa shape index (κ2) is 8.43. The number of benzene rings is 2. The van der Waals surface area contributed by atoms with Crippen LogP contribution in [0.5, 0.6) is 11.5 Å². The molecule has 8 nitrogen and oxygen atoms in total. The van der Waals surface area contributed by atoms with Crippen molar-refractivity contribution >= 4 is 12.2 Å². The number of carbonyl (C=O) groups excluding carboxylic acids is 1. The van der Waals surface area contributed by atoms with E-state index in [0.717, 1.165) is 11.0 Å². The normalized spacial score (nSPS) is 10.6. The van der Waals surface area contributed by atoms with Crippen molar-refractivity contribution < 1.29 is 14.4 Å². The van der Waals surface area contributed by atoms with Crippen molar-refractivity contribution in [2.45, 2.75) is 0 Å². The molecule has 0 spiro atoms. The van der Waals surface area contributed by atoms with Gasteiger partial charge in [-0.05, 0) is 24.3 Å². The molecule has 0 aliphatic heterocycles. The molecule has 3 rings (SSSR count). The average Bonchev–Trinajstić information content (AvgIpc) is 2.70. The maximum Gasteiger partial charge on any atom is 0.280 e. The molecule has 136 valence electrons. The van der Waals surface area contributed by atoms with Gasteiger partial charge in [-0.15, -0.1) is 0 Å². The van der Waals surface area contributed by atoms with E-state index in [1.165, 1.54) is 13.2 Å². The molecular formula is C19H16N4O4. The van der Waals surface area contributed by atoms with Crippen molar-refractivity contribution in [2.24, 2.45) is 5.16 Å². The molecule has 0 radical (unpaired) electrons. The monoisotopic (exact) mass is 364 g/mol. The van der Waals surface area contributed by atoms with Gasteiger partial charge in [0.2, 0.25) is 0 Å². The highest BCUT2D eigenvalue weighted by molar-refractivity contribution is 6.00. The fourth-order valence-corrected chi connectivity index (χ4v) is 2.25. The summed E-state index contributed by atoms with van der Waals surface area (Å²) in [5.74, 6) is -0.108. The Morgan fingerprint density at radius 2 is 1.78 bits per heavy atom. The predicted octanol–water partition coefficient (Wildman–Crippen LogP) is 2.34. The van der Waals surface area contributed by atoms with Crippen molar-refractivity contribution in [1.82, 2.24) is 15.1 Å². The first-order valence-electron chi connectivity index (χ1n) is 7.97. The first-order chi connectivity index (χ1) is 13.2. The third-order valence-electron chi connectivity index (χ3n) is 3.44. The molecule has 2 aromatic carbocycles. The molecular weight excluding hydrogens is 348 g/mol. The number of ether oxygens (including phenoxy) is 1. The van der Waals surface area contributed by atoms with Crippen LogP contribution in [0, 0.1) is 0 Å². The number of hydrogen-bond acceptors (Lipinski definition) is 6. The van der Waals surface area contributed by atoms with Crippen LogP contribution in [-0.4, -0.2) is 29.1 Å². The molecule has 0 aliphatic rings. The number of para-hydroxylation sites is 2. The molecule has 0 saturated carbocycles. The fourth-order valence-electron chi connectivity index (χ4n) is 2.25. The zero-order chi connectivity index (χ0) is 19.1. The Balaban J connectivity index is 2.05. The molecule has 0 aliphatic carbocycles. The van der Waals surface area contributed by atoms with E-state index in [1.807, 2.05) is 12.1 Å². The van der Waals surface area contributed by atoms with Gasteiger partial charge in [0.1, 0.15) is 19.2 Å². The van der Waals surface area contributed by atoms with E-state index >= 15 is 0 Å². The quantitative estimate of drug-likeness (QED) is 0.412. The van der Waals surface area contributed by atoms with Crippen molar-refractivity contribution in [3.05, 3.63) is 82.8 Å². The second-order valence-electron chi connectivity index (χ2n) is 5.25. The van der Waals surface area contributed by atoms with E-state index in [9.17, 15) is 9.59 Å². The lowest BCUT2D eigenvalue weighted by Crippen LogP contribution is -2.29. The average molecular weight is 364 g/mol. The summed E-state index contributed by atoms with van der Waals surface area (Å²) >= 11 is 0. The molecule has 1 heterocycles. The third kappa shape index (κ3) is 4.37. The van der Waals surface area contributed by atoms with Crippen LogP contribution in [0.25, 0.3) is 5.69 Å². The number of nitrogens with zero attached hydrogens (tertiary/aromatic N) is 3. The molecule has 1 N–H and O–H groups in total. The minimum atomic E-state index is -0.605. The summed E-state index contributed by atoms with van der Waals surface area (Å²) in [5, 5.41) is 10.0. The highest BCUT2D eigenvalue weighted by atomic mass is 16.6. The number of hydrogen-bond donors (Lipinski definition) is 1. The molecule has 1 amide bonds. The lowest BCUT2D eigenvalue weighted by molar-refractivity contribution is 0.0967. The van der Waals surface area contributed by atoms with Gasteiger partial charge in [-0.3, -0.25) is 9.59 Å². The van der Waals surface area contributed by atoms with Gasteiger partial charge in [-0.2, -0.15) is 9.78 Å². The summed E-state index contributed by atoms with van der Waals surface area (Å²) in [6.45, 7) is 0. The summed E-state index contributed by atoms with van der Waals surface area (Å²) in [6.07, 6.45) is 1.08. The first kappa shape index (κ1) is 17.9. The van der Waals surface area contributed by atoms with Crippen molar-refractivity contribution in [3.63, 3.8) is 0 Å². The summed E-state index contributed by atoms with van der Waals surface area (Å²) in [5.41, 5.74) is 0.00692. The van der Waals surface area contributed by atoms with Gasteiger partial charge in [-0.25, -0.2) is 0 Å². The summed E-state index contributed by atoms with van der Waals surface area (Å²) in [7, 11) is 1.35. The van der Waals surface area contributed by atoms with Crippen molar-refractivity contribution in [2.75, 3.05) is 7.11 Å². The van der Waals surface area contributed by atoms with Gasteiger partial charge < -0.3 is 14.9 Å². The Morgan fingerprint density at radius 1 is 1.11 bits per heavy atom. The Kier molecular flexibility index (Phi) is 5.58.